The molecule has 0 fully saturated rings. The molecule has 1 aliphatic heterocycles. The Morgan fingerprint density at radius 1 is 0.852 bits per heavy atom. The molecule has 0 atom stereocenters. The van der Waals surface area contributed by atoms with Crippen LogP contribution in [-0.2, 0) is 10.8 Å². The highest BCUT2D eigenvalue weighted by Crippen LogP contribution is 2.33. The van der Waals surface area contributed by atoms with E-state index in [-0.39, 0.29) is 10.8 Å². The van der Waals surface area contributed by atoms with E-state index in [2.05, 4.69) is 123 Å². The first-order chi connectivity index (χ1) is 12.5. The molecule has 0 aliphatic carbocycles. The van der Waals surface area contributed by atoms with Crippen LogP contribution in [0.1, 0.15) is 58.2 Å². The third kappa shape index (κ3) is 4.73. The monoisotopic (exact) mass is 423 g/mol. The molecule has 0 N–H and O–H groups in total. The Morgan fingerprint density at radius 2 is 1.48 bits per heavy atom. The van der Waals surface area contributed by atoms with Crippen molar-refractivity contribution in [1.82, 2.24) is 0 Å². The molecule has 0 spiro atoms. The minimum absolute atomic E-state index is 0.136. The Hall–Kier alpha value is -1.80. The second-order valence-corrected chi connectivity index (χ2v) is 10.3. The van der Waals surface area contributed by atoms with Crippen molar-refractivity contribution in [3.63, 3.8) is 0 Å². The van der Waals surface area contributed by atoms with Crippen LogP contribution in [-0.4, -0.2) is 6.54 Å². The van der Waals surface area contributed by atoms with E-state index in [9.17, 15) is 0 Å². The van der Waals surface area contributed by atoms with Crippen LogP contribution >= 0.6 is 15.9 Å². The lowest BCUT2D eigenvalue weighted by molar-refractivity contribution is 0.568. The zero-order valence-corrected chi connectivity index (χ0v) is 18.9. The molecular formula is C25H30BrN. The number of hydrogen-bond acceptors (Lipinski definition) is 1. The molecule has 2 aromatic rings. The van der Waals surface area contributed by atoms with Gasteiger partial charge in [-0.1, -0.05) is 87.8 Å². The second-order valence-electron chi connectivity index (χ2n) is 9.41. The minimum atomic E-state index is 0.136. The zero-order valence-electron chi connectivity index (χ0n) is 17.3. The molecule has 0 bridgehead atoms. The third-order valence-corrected chi connectivity index (χ3v) is 5.57. The molecule has 0 amide bonds. The quantitative estimate of drug-likeness (QED) is 0.484. The SMILES string of the molecule is CC(C)(C)c1cc(C2=CCN(c3cccc(Br)c3)C=C2)cc(C(C)(C)C)c1. The van der Waals surface area contributed by atoms with Crippen molar-refractivity contribution in [2.75, 3.05) is 11.4 Å². The van der Waals surface area contributed by atoms with Crippen LogP contribution in [0.25, 0.3) is 5.57 Å². The van der Waals surface area contributed by atoms with E-state index in [4.69, 9.17) is 0 Å². The summed E-state index contributed by atoms with van der Waals surface area (Å²) in [6.45, 7) is 14.6. The van der Waals surface area contributed by atoms with Gasteiger partial charge in [0, 0.05) is 22.9 Å². The molecule has 27 heavy (non-hydrogen) atoms. The molecule has 1 nitrogen and oxygen atoms in total. The van der Waals surface area contributed by atoms with Crippen LogP contribution in [0.4, 0.5) is 5.69 Å². The van der Waals surface area contributed by atoms with Gasteiger partial charge in [-0.25, -0.2) is 0 Å². The summed E-state index contributed by atoms with van der Waals surface area (Å²) in [6.07, 6.45) is 6.76. The van der Waals surface area contributed by atoms with Crippen molar-refractivity contribution in [2.45, 2.75) is 52.4 Å². The summed E-state index contributed by atoms with van der Waals surface area (Å²) < 4.78 is 1.11. The molecule has 1 heterocycles. The van der Waals surface area contributed by atoms with Gasteiger partial charge in [0.25, 0.3) is 0 Å². The van der Waals surface area contributed by atoms with Crippen molar-refractivity contribution in [2.24, 2.45) is 0 Å². The Labute approximate surface area is 172 Å². The highest BCUT2D eigenvalue weighted by Gasteiger charge is 2.21. The largest absolute Gasteiger partial charge is 0.344 e. The molecule has 0 radical (unpaired) electrons. The average molecular weight is 424 g/mol. The standard InChI is InChI=1S/C25H30BrN/c1-24(2,3)20-14-19(15-21(16-20)25(4,5)6)18-10-12-27(13-11-18)23-9-7-8-22(26)17-23/h7-12,14-17H,13H2,1-6H3. The molecule has 3 rings (SSSR count). The van der Waals surface area contributed by atoms with Gasteiger partial charge in [-0.15, -0.1) is 0 Å². The van der Waals surface area contributed by atoms with Crippen LogP contribution < -0.4 is 4.90 Å². The van der Waals surface area contributed by atoms with Crippen molar-refractivity contribution >= 4 is 27.2 Å². The summed E-state index contributed by atoms with van der Waals surface area (Å²) in [7, 11) is 0. The number of hydrogen-bond donors (Lipinski definition) is 0. The Balaban J connectivity index is 1.94. The molecule has 0 saturated carbocycles. The molecule has 0 saturated heterocycles. The third-order valence-electron chi connectivity index (χ3n) is 5.08. The topological polar surface area (TPSA) is 3.24 Å². The van der Waals surface area contributed by atoms with Crippen LogP contribution in [0.3, 0.4) is 0 Å². The van der Waals surface area contributed by atoms with E-state index >= 15 is 0 Å². The lowest BCUT2D eigenvalue weighted by Gasteiger charge is -2.28. The normalized spacial score (nSPS) is 15.1. The van der Waals surface area contributed by atoms with Gasteiger partial charge in [-0.05, 0) is 57.4 Å². The Kier molecular flexibility index (Phi) is 5.40. The maximum absolute atomic E-state index is 3.56. The lowest BCUT2D eigenvalue weighted by Crippen LogP contribution is -2.19. The lowest BCUT2D eigenvalue weighted by atomic mass is 9.78. The van der Waals surface area contributed by atoms with Crippen molar-refractivity contribution in [3.05, 3.63) is 82.0 Å². The first-order valence-corrected chi connectivity index (χ1v) is 10.4. The molecule has 2 heteroatoms. The molecule has 0 unspecified atom stereocenters. The highest BCUT2D eigenvalue weighted by molar-refractivity contribution is 9.10. The van der Waals surface area contributed by atoms with Gasteiger partial charge < -0.3 is 4.90 Å². The number of rotatable bonds is 2. The van der Waals surface area contributed by atoms with Gasteiger partial charge >= 0.3 is 0 Å². The number of anilines is 1. The number of nitrogens with zero attached hydrogens (tertiary/aromatic N) is 1. The van der Waals surface area contributed by atoms with Gasteiger partial charge in [0.05, 0.1) is 0 Å². The summed E-state index contributed by atoms with van der Waals surface area (Å²) >= 11 is 3.56. The summed E-state index contributed by atoms with van der Waals surface area (Å²) in [5.74, 6) is 0. The number of allylic oxidation sites excluding steroid dienone is 2. The maximum Gasteiger partial charge on any atom is 0.0420 e. The van der Waals surface area contributed by atoms with E-state index in [0.717, 1.165) is 11.0 Å². The predicted octanol–water partition coefficient (Wildman–Crippen LogP) is 7.46. The fourth-order valence-electron chi connectivity index (χ4n) is 3.22. The highest BCUT2D eigenvalue weighted by atomic mass is 79.9. The Bertz CT molecular complexity index is 859. The first-order valence-electron chi connectivity index (χ1n) is 9.61. The van der Waals surface area contributed by atoms with Gasteiger partial charge in [0.15, 0.2) is 0 Å². The Morgan fingerprint density at radius 3 is 1.96 bits per heavy atom. The molecule has 0 aromatic heterocycles. The van der Waals surface area contributed by atoms with E-state index in [1.807, 2.05) is 0 Å². The van der Waals surface area contributed by atoms with Crippen molar-refractivity contribution < 1.29 is 0 Å². The zero-order chi connectivity index (χ0) is 19.8. The molecule has 1 aliphatic rings. The maximum atomic E-state index is 3.56. The summed E-state index contributed by atoms with van der Waals surface area (Å²) in [5, 5.41) is 0. The second kappa shape index (κ2) is 7.31. The van der Waals surface area contributed by atoms with Crippen LogP contribution in [0, 0.1) is 0 Å². The van der Waals surface area contributed by atoms with Gasteiger partial charge in [0.2, 0.25) is 0 Å². The predicted molar refractivity (Wildman–Crippen MR) is 122 cm³/mol. The van der Waals surface area contributed by atoms with Crippen molar-refractivity contribution in [3.8, 4) is 0 Å². The summed E-state index contributed by atoms with van der Waals surface area (Å²) in [5.41, 5.74) is 6.89. The van der Waals surface area contributed by atoms with Gasteiger partial charge in [0.1, 0.15) is 0 Å². The van der Waals surface area contributed by atoms with E-state index in [1.165, 1.54) is 28.0 Å². The molecule has 142 valence electrons. The summed E-state index contributed by atoms with van der Waals surface area (Å²) in [4.78, 5) is 2.27. The number of benzene rings is 2. The summed E-state index contributed by atoms with van der Waals surface area (Å²) in [6, 6.07) is 15.5. The first kappa shape index (κ1) is 19.9. The average Bonchev–Trinajstić information content (AvgIpc) is 2.60. The fourth-order valence-corrected chi connectivity index (χ4v) is 3.60. The minimum Gasteiger partial charge on any atom is -0.344 e. The smallest absolute Gasteiger partial charge is 0.0420 e. The van der Waals surface area contributed by atoms with Crippen LogP contribution in [0.2, 0.25) is 0 Å². The van der Waals surface area contributed by atoms with Crippen LogP contribution in [0.15, 0.2) is 65.3 Å². The van der Waals surface area contributed by atoms with E-state index in [1.54, 1.807) is 0 Å². The van der Waals surface area contributed by atoms with Gasteiger partial charge in [-0.2, -0.15) is 0 Å². The molecule has 2 aromatic carbocycles. The van der Waals surface area contributed by atoms with Crippen molar-refractivity contribution in [1.29, 1.82) is 0 Å². The van der Waals surface area contributed by atoms with Crippen LogP contribution in [0.5, 0.6) is 0 Å². The van der Waals surface area contributed by atoms with Gasteiger partial charge in [-0.3, -0.25) is 0 Å². The van der Waals surface area contributed by atoms with E-state index in [0.29, 0.717) is 0 Å². The number of halogens is 1. The fraction of sp³-hybridized carbons (Fsp3) is 0.360. The molecular weight excluding hydrogens is 394 g/mol. The van der Waals surface area contributed by atoms with E-state index < -0.39 is 0 Å².